The van der Waals surface area contributed by atoms with E-state index in [2.05, 4.69) is 5.32 Å². The summed E-state index contributed by atoms with van der Waals surface area (Å²) >= 11 is 0. The van der Waals surface area contributed by atoms with Gasteiger partial charge in [-0.15, -0.1) is 0 Å². The molecule has 1 unspecified atom stereocenters. The van der Waals surface area contributed by atoms with E-state index in [1.54, 1.807) is 22.1 Å². The number of rotatable bonds is 4. The van der Waals surface area contributed by atoms with E-state index in [9.17, 15) is 9.59 Å². The number of hydrogen-bond donors (Lipinski definition) is 1. The van der Waals surface area contributed by atoms with E-state index in [1.807, 2.05) is 66.7 Å². The smallest absolute Gasteiger partial charge is 0.411 e. The van der Waals surface area contributed by atoms with Crippen molar-refractivity contribution in [2.45, 2.75) is 18.2 Å². The van der Waals surface area contributed by atoms with Crippen molar-refractivity contribution in [1.82, 2.24) is 15.1 Å². The van der Waals surface area contributed by atoms with Crippen LogP contribution >= 0.6 is 0 Å². The van der Waals surface area contributed by atoms with Crippen LogP contribution in [0.4, 0.5) is 9.59 Å². The highest BCUT2D eigenvalue weighted by Crippen LogP contribution is 2.45. The first-order chi connectivity index (χ1) is 15.2. The third-order valence-corrected chi connectivity index (χ3v) is 6.02. The van der Waals surface area contributed by atoms with Crippen LogP contribution in [0.2, 0.25) is 0 Å². The number of fused-ring (bicyclic) bond motifs is 1. The molecule has 2 aromatic carbocycles. The van der Waals surface area contributed by atoms with Crippen LogP contribution in [-0.4, -0.2) is 47.6 Å². The SMILES string of the molecule is O=C(NCc1ccco1)N1CCN2C(=O)OC(c3ccccc3)(c3ccccc3)C2C1. The van der Waals surface area contributed by atoms with E-state index in [-0.39, 0.29) is 18.2 Å². The maximum atomic E-state index is 12.9. The lowest BCUT2D eigenvalue weighted by Crippen LogP contribution is -2.59. The molecule has 0 bridgehead atoms. The number of benzene rings is 2. The Morgan fingerprint density at radius 3 is 2.26 bits per heavy atom. The average molecular weight is 417 g/mol. The molecule has 2 aliphatic heterocycles. The molecule has 7 nitrogen and oxygen atoms in total. The van der Waals surface area contributed by atoms with E-state index in [0.29, 0.717) is 31.9 Å². The molecule has 3 amide bonds. The minimum Gasteiger partial charge on any atom is -0.467 e. The van der Waals surface area contributed by atoms with Crippen LogP contribution < -0.4 is 5.32 Å². The van der Waals surface area contributed by atoms with Crippen molar-refractivity contribution in [2.24, 2.45) is 0 Å². The molecular formula is C24H23N3O4. The number of urea groups is 1. The predicted molar refractivity (Wildman–Crippen MR) is 113 cm³/mol. The Labute approximate surface area is 180 Å². The second-order valence-corrected chi connectivity index (χ2v) is 7.73. The molecule has 5 rings (SSSR count). The number of carbonyl (C=O) groups is 2. The molecule has 1 aromatic heterocycles. The molecule has 0 radical (unpaired) electrons. The van der Waals surface area contributed by atoms with Gasteiger partial charge in [-0.3, -0.25) is 4.90 Å². The standard InChI is InChI=1S/C24H23N3O4/c28-22(25-16-20-12-7-15-30-20)26-13-14-27-21(17-26)24(31-23(27)29,18-8-3-1-4-9-18)19-10-5-2-6-11-19/h1-12,15,21H,13-14,16-17H2,(H,25,28). The normalized spacial score (nSPS) is 19.6. The number of furan rings is 1. The van der Waals surface area contributed by atoms with Crippen LogP contribution in [0.15, 0.2) is 83.5 Å². The molecule has 0 saturated carbocycles. The van der Waals surface area contributed by atoms with E-state index >= 15 is 0 Å². The van der Waals surface area contributed by atoms with Crippen molar-refractivity contribution in [3.63, 3.8) is 0 Å². The Morgan fingerprint density at radius 2 is 1.65 bits per heavy atom. The molecule has 0 aliphatic carbocycles. The van der Waals surface area contributed by atoms with E-state index in [4.69, 9.17) is 9.15 Å². The fourth-order valence-corrected chi connectivity index (χ4v) is 4.53. The van der Waals surface area contributed by atoms with Crippen molar-refractivity contribution in [3.8, 4) is 0 Å². The molecule has 0 spiro atoms. The molecule has 1 atom stereocenters. The minimum atomic E-state index is -0.987. The van der Waals surface area contributed by atoms with Gasteiger partial charge in [0.2, 0.25) is 0 Å². The fraction of sp³-hybridized carbons (Fsp3) is 0.250. The molecular weight excluding hydrogens is 394 g/mol. The van der Waals surface area contributed by atoms with Gasteiger partial charge in [-0.25, -0.2) is 9.59 Å². The van der Waals surface area contributed by atoms with Crippen molar-refractivity contribution >= 4 is 12.1 Å². The summed E-state index contributed by atoms with van der Waals surface area (Å²) in [7, 11) is 0. The number of hydrogen-bond acceptors (Lipinski definition) is 4. The van der Waals surface area contributed by atoms with Crippen LogP contribution in [0.25, 0.3) is 0 Å². The van der Waals surface area contributed by atoms with Gasteiger partial charge in [0, 0.05) is 30.8 Å². The van der Waals surface area contributed by atoms with Crippen LogP contribution in [0.5, 0.6) is 0 Å². The van der Waals surface area contributed by atoms with Crippen LogP contribution in [0.1, 0.15) is 16.9 Å². The van der Waals surface area contributed by atoms with Gasteiger partial charge in [0.15, 0.2) is 5.60 Å². The molecule has 31 heavy (non-hydrogen) atoms. The average Bonchev–Trinajstić information content (AvgIpc) is 3.45. The molecule has 158 valence electrons. The summed E-state index contributed by atoms with van der Waals surface area (Å²) in [4.78, 5) is 29.3. The monoisotopic (exact) mass is 417 g/mol. The quantitative estimate of drug-likeness (QED) is 0.704. The maximum absolute atomic E-state index is 12.9. The third kappa shape index (κ3) is 3.32. The Morgan fingerprint density at radius 1 is 0.968 bits per heavy atom. The summed E-state index contributed by atoms with van der Waals surface area (Å²) in [6.07, 6.45) is 1.23. The van der Waals surface area contributed by atoms with Gasteiger partial charge in [-0.2, -0.15) is 0 Å². The largest absolute Gasteiger partial charge is 0.467 e. The van der Waals surface area contributed by atoms with Gasteiger partial charge in [0.1, 0.15) is 11.8 Å². The minimum absolute atomic E-state index is 0.189. The van der Waals surface area contributed by atoms with Crippen LogP contribution in [0.3, 0.4) is 0 Å². The molecule has 3 heterocycles. The third-order valence-electron chi connectivity index (χ3n) is 6.02. The van der Waals surface area contributed by atoms with Gasteiger partial charge in [0.05, 0.1) is 12.8 Å². The Kier molecular flexibility index (Phi) is 4.86. The topological polar surface area (TPSA) is 75.0 Å². The van der Waals surface area contributed by atoms with Crippen molar-refractivity contribution in [2.75, 3.05) is 19.6 Å². The van der Waals surface area contributed by atoms with Gasteiger partial charge in [-0.1, -0.05) is 60.7 Å². The lowest BCUT2D eigenvalue weighted by Gasteiger charge is -2.42. The van der Waals surface area contributed by atoms with Crippen LogP contribution in [-0.2, 0) is 16.9 Å². The maximum Gasteiger partial charge on any atom is 0.411 e. The highest BCUT2D eigenvalue weighted by atomic mass is 16.6. The Hall–Kier alpha value is -3.74. The van der Waals surface area contributed by atoms with E-state index in [0.717, 1.165) is 11.1 Å². The number of nitrogens with zero attached hydrogens (tertiary/aromatic N) is 2. The van der Waals surface area contributed by atoms with Gasteiger partial charge in [-0.05, 0) is 12.1 Å². The fourth-order valence-electron chi connectivity index (χ4n) is 4.53. The van der Waals surface area contributed by atoms with Gasteiger partial charge < -0.3 is 19.4 Å². The summed E-state index contributed by atoms with van der Waals surface area (Å²) in [5.74, 6) is 0.689. The van der Waals surface area contributed by atoms with E-state index < -0.39 is 5.60 Å². The van der Waals surface area contributed by atoms with Crippen molar-refractivity contribution < 1.29 is 18.7 Å². The summed E-state index contributed by atoms with van der Waals surface area (Å²) in [5.41, 5.74) is 0.791. The van der Waals surface area contributed by atoms with Crippen LogP contribution in [0, 0.1) is 0 Å². The summed E-state index contributed by atoms with van der Waals surface area (Å²) < 4.78 is 11.4. The number of carbonyl (C=O) groups excluding carboxylic acids is 2. The molecule has 2 fully saturated rings. The number of piperazine rings is 1. The zero-order chi connectivity index (χ0) is 21.3. The van der Waals surface area contributed by atoms with E-state index in [1.165, 1.54) is 0 Å². The Bertz CT molecular complexity index is 1010. The highest BCUT2D eigenvalue weighted by Gasteiger charge is 2.58. The lowest BCUT2D eigenvalue weighted by molar-refractivity contribution is 0.0511. The second-order valence-electron chi connectivity index (χ2n) is 7.73. The molecule has 1 N–H and O–H groups in total. The molecule has 3 aromatic rings. The zero-order valence-corrected chi connectivity index (χ0v) is 16.9. The summed E-state index contributed by atoms with van der Waals surface area (Å²) in [6, 6.07) is 22.6. The second kappa shape index (κ2) is 7.83. The number of ether oxygens (including phenoxy) is 1. The highest BCUT2D eigenvalue weighted by molar-refractivity contribution is 5.77. The Balaban J connectivity index is 1.47. The van der Waals surface area contributed by atoms with Gasteiger partial charge in [0.25, 0.3) is 0 Å². The molecule has 7 heteroatoms. The zero-order valence-electron chi connectivity index (χ0n) is 16.9. The number of amides is 3. The lowest BCUT2D eigenvalue weighted by atomic mass is 9.79. The predicted octanol–water partition coefficient (Wildman–Crippen LogP) is 3.57. The van der Waals surface area contributed by atoms with Crippen molar-refractivity contribution in [1.29, 1.82) is 0 Å². The van der Waals surface area contributed by atoms with Crippen molar-refractivity contribution in [3.05, 3.63) is 95.9 Å². The first-order valence-electron chi connectivity index (χ1n) is 10.3. The summed E-state index contributed by atoms with van der Waals surface area (Å²) in [5, 5.41) is 2.90. The first kappa shape index (κ1) is 19.2. The molecule has 2 aliphatic rings. The summed E-state index contributed by atoms with van der Waals surface area (Å²) in [6.45, 7) is 1.53. The molecule has 2 saturated heterocycles. The van der Waals surface area contributed by atoms with Gasteiger partial charge >= 0.3 is 12.1 Å². The number of cyclic esters (lactones) is 1. The first-order valence-corrected chi connectivity index (χ1v) is 10.3. The number of nitrogens with one attached hydrogen (secondary N) is 1.